The zero-order valence-corrected chi connectivity index (χ0v) is 51.4. The van der Waals surface area contributed by atoms with Crippen LogP contribution in [0, 0.1) is 0 Å². The molecule has 1 aliphatic rings. The van der Waals surface area contributed by atoms with Crippen molar-refractivity contribution in [3.05, 3.63) is 108 Å². The fourth-order valence-electron chi connectivity index (χ4n) is 9.32. The summed E-state index contributed by atoms with van der Waals surface area (Å²) in [4.78, 5) is 23.6. The molecule has 11 N–H and O–H groups in total. The molecule has 1 fully saturated rings. The second-order valence-corrected chi connectivity index (χ2v) is 28.1. The maximum Gasteiger partial charge on any atom is 0.297 e. The lowest BCUT2D eigenvalue weighted by molar-refractivity contribution is 0.266. The van der Waals surface area contributed by atoms with E-state index >= 15 is 0 Å². The van der Waals surface area contributed by atoms with Crippen molar-refractivity contribution >= 4 is 174 Å². The first-order chi connectivity index (χ1) is 42.5. The molecule has 0 atom stereocenters. The first-order valence-corrected chi connectivity index (χ1v) is 34.5. The third-order valence-corrected chi connectivity index (χ3v) is 18.9. The molecule has 0 saturated carbocycles. The quantitative estimate of drug-likeness (QED) is 0.0280. The average Bonchev–Trinajstić information content (AvgIpc) is 0.764. The summed E-state index contributed by atoms with van der Waals surface area (Å²) in [6.45, 7) is 2.10. The summed E-state index contributed by atoms with van der Waals surface area (Å²) in [5.41, 5.74) is -3.27. The maximum atomic E-state index is 12.7. The van der Waals surface area contributed by atoms with Crippen LogP contribution in [0.15, 0.2) is 147 Å². The minimum atomic E-state index is -5.34. The summed E-state index contributed by atoms with van der Waals surface area (Å²) >= 11 is 12.6. The number of aromatic nitrogens is 6. The van der Waals surface area contributed by atoms with Gasteiger partial charge in [0.1, 0.15) is 47.2 Å². The van der Waals surface area contributed by atoms with Crippen molar-refractivity contribution in [1.29, 1.82) is 0 Å². The number of phenolic OH excluding ortho intramolecular Hbond substituents is 2. The van der Waals surface area contributed by atoms with Crippen LogP contribution < -0.4 is 20.9 Å². The van der Waals surface area contributed by atoms with E-state index in [1.807, 2.05) is 4.90 Å². The van der Waals surface area contributed by atoms with E-state index in [2.05, 4.69) is 66.3 Å². The number of rotatable bonds is 19. The summed E-state index contributed by atoms with van der Waals surface area (Å²) in [5, 5.41) is 44.0. The molecule has 0 bridgehead atoms. The van der Waals surface area contributed by atoms with Gasteiger partial charge >= 0.3 is 0 Å². The molecule has 1 aliphatic heterocycles. The molecule has 2 aromatic heterocycles. The smallest absolute Gasteiger partial charge is 0.297 e. The number of fused-ring (bicyclic) bond motifs is 3. The second kappa shape index (κ2) is 24.5. The van der Waals surface area contributed by atoms with E-state index < -0.39 is 157 Å². The molecule has 0 aliphatic carbocycles. The molecule has 0 amide bonds. The molecule has 476 valence electrons. The number of azo groups is 2. The monoisotopic (exact) mass is 1410 g/mol. The van der Waals surface area contributed by atoms with Gasteiger partial charge in [-0.1, -0.05) is 30.3 Å². The Morgan fingerprint density at radius 1 is 0.473 bits per heavy atom. The summed E-state index contributed by atoms with van der Waals surface area (Å²) in [6.07, 6.45) is 0. The highest BCUT2D eigenvalue weighted by Crippen LogP contribution is 2.47. The predicted octanol–water partition coefficient (Wildman–Crippen LogP) is 7.27. The Morgan fingerprint density at radius 3 is 1.68 bits per heavy atom. The number of anilines is 6. The van der Waals surface area contributed by atoms with Crippen molar-refractivity contribution in [3.63, 3.8) is 0 Å². The lowest BCUT2D eigenvalue weighted by Gasteiger charge is -2.34. The molecular formula is C48H39Cl2N15O20S6. The first-order valence-electron chi connectivity index (χ1n) is 25.1. The number of aromatic hydroxyl groups is 2. The third kappa shape index (κ3) is 14.4. The Hall–Kier alpha value is -8.66. The molecule has 7 aromatic carbocycles. The van der Waals surface area contributed by atoms with E-state index in [0.717, 1.165) is 60.7 Å². The summed E-state index contributed by atoms with van der Waals surface area (Å²) in [7, 11) is -30.7. The number of nitrogens with one attached hydrogen (secondary N) is 3. The fraction of sp³-hybridized carbons (Fsp3) is 0.125. The third-order valence-electron chi connectivity index (χ3n) is 13.2. The Labute approximate surface area is 522 Å². The van der Waals surface area contributed by atoms with Crippen LogP contribution >= 0.6 is 23.2 Å². The first kappa shape index (κ1) is 65.3. The van der Waals surface area contributed by atoms with E-state index in [9.17, 15) is 88.0 Å². The van der Waals surface area contributed by atoms with E-state index in [0.29, 0.717) is 38.8 Å². The SMILES string of the molecule is O=S(=O)(O)c1cc(Nc2nc(Cl)nc(NCCN3CCN(c4nc(Cl)nc(Nc5ccc6c(O)c(N=Nc7ccc8c(S(=O)(=O)O)cccc8c7S(=O)(=O)O)c(S(=O)(=O)O)cc6c5)n4)CC3)n2)c2c(O)c(N=Nc3ccccc3S(=O)(=O)O)c(S(=O)(=O)O)cc2c1. The zero-order chi connectivity index (χ0) is 65.9. The molecule has 35 nitrogen and oxygen atoms in total. The molecule has 43 heteroatoms. The van der Waals surface area contributed by atoms with Crippen molar-refractivity contribution in [2.24, 2.45) is 20.5 Å². The predicted molar refractivity (Wildman–Crippen MR) is 322 cm³/mol. The number of phenols is 2. The van der Waals surface area contributed by atoms with E-state index in [4.69, 9.17) is 23.2 Å². The molecule has 9 aromatic rings. The van der Waals surface area contributed by atoms with Gasteiger partial charge in [0, 0.05) is 66.5 Å². The zero-order valence-electron chi connectivity index (χ0n) is 45.0. The average molecular weight is 1410 g/mol. The van der Waals surface area contributed by atoms with E-state index in [-0.39, 0.29) is 51.5 Å². The molecule has 0 radical (unpaired) electrons. The van der Waals surface area contributed by atoms with Crippen LogP contribution in [-0.2, 0) is 60.7 Å². The Morgan fingerprint density at radius 2 is 1.04 bits per heavy atom. The largest absolute Gasteiger partial charge is 0.505 e. The molecular weight excluding hydrogens is 1370 g/mol. The van der Waals surface area contributed by atoms with Crippen molar-refractivity contribution in [2.75, 3.05) is 60.1 Å². The molecule has 3 heterocycles. The fourth-order valence-corrected chi connectivity index (χ4v) is 13.7. The van der Waals surface area contributed by atoms with Crippen LogP contribution in [0.2, 0.25) is 10.6 Å². The summed E-state index contributed by atoms with van der Waals surface area (Å²) in [5.74, 6) is -2.41. The summed E-state index contributed by atoms with van der Waals surface area (Å²) < 4.78 is 209. The minimum Gasteiger partial charge on any atom is -0.505 e. The van der Waals surface area contributed by atoms with Gasteiger partial charge in [0.2, 0.25) is 34.4 Å². The number of hydrogen-bond donors (Lipinski definition) is 11. The van der Waals surface area contributed by atoms with Crippen LogP contribution in [-0.4, -0.2) is 162 Å². The number of nitrogens with zero attached hydrogens (tertiary/aromatic N) is 12. The number of hydrogen-bond acceptors (Lipinski definition) is 29. The molecule has 91 heavy (non-hydrogen) atoms. The van der Waals surface area contributed by atoms with Crippen molar-refractivity contribution in [1.82, 2.24) is 34.8 Å². The van der Waals surface area contributed by atoms with Gasteiger partial charge in [0.05, 0.1) is 10.6 Å². The van der Waals surface area contributed by atoms with Gasteiger partial charge < -0.3 is 31.1 Å². The highest BCUT2D eigenvalue weighted by atomic mass is 35.5. The normalized spacial score (nSPS) is 14.1. The van der Waals surface area contributed by atoms with Gasteiger partial charge in [-0.05, 0) is 101 Å². The van der Waals surface area contributed by atoms with E-state index in [1.54, 1.807) is 4.90 Å². The standard InChI is InChI=1S/C48H39Cl2N15O20S6/c49-43-54-45(58-47(55-43)53-32-22-26(86(68,69)70)19-24-21-36(90(80,81)82)39(41(67)37(24)32)63-60-30-5-1-2-6-34(30)88(74,75)76)51-12-13-64-14-16-65(17-15-64)48-57-44(50)56-46(59-48)52-25-8-9-27-23(18-25)20-35(89(77,78)79)38(40(27)66)62-61-31-11-10-28-29(42(31)91(83,84)85)4-3-7-33(28)87(71,72)73/h1-11,18-22,66-67H,12-17H2,(H,68,69,70)(H,71,72,73)(H,74,75,76)(H,77,78,79)(H,80,81,82)(H,83,84,85)(H,52,56,57,59)(H2,51,53,54,55,58). The van der Waals surface area contributed by atoms with E-state index in [1.165, 1.54) is 30.3 Å². The van der Waals surface area contributed by atoms with Gasteiger partial charge in [-0.25, -0.2) is 0 Å². The highest BCUT2D eigenvalue weighted by molar-refractivity contribution is 7.87. The van der Waals surface area contributed by atoms with Gasteiger partial charge in [-0.15, -0.1) is 20.5 Å². The van der Waals surface area contributed by atoms with Crippen LogP contribution in [0.5, 0.6) is 11.5 Å². The van der Waals surface area contributed by atoms with Crippen molar-refractivity contribution < 1.29 is 88.0 Å². The van der Waals surface area contributed by atoms with Gasteiger partial charge in [-0.2, -0.15) is 80.4 Å². The highest BCUT2D eigenvalue weighted by Gasteiger charge is 2.30. The second-order valence-electron chi connectivity index (χ2n) is 19.1. The molecule has 0 unspecified atom stereocenters. The van der Waals surface area contributed by atoms with Crippen molar-refractivity contribution in [2.45, 2.75) is 29.4 Å². The van der Waals surface area contributed by atoms with Gasteiger partial charge in [0.15, 0.2) is 11.5 Å². The van der Waals surface area contributed by atoms with Crippen LogP contribution in [0.4, 0.5) is 57.9 Å². The van der Waals surface area contributed by atoms with Crippen LogP contribution in [0.3, 0.4) is 0 Å². The topological polar surface area (TPSA) is 536 Å². The Kier molecular flexibility index (Phi) is 17.6. The lowest BCUT2D eigenvalue weighted by Crippen LogP contribution is -2.48. The van der Waals surface area contributed by atoms with Crippen LogP contribution in [0.1, 0.15) is 0 Å². The minimum absolute atomic E-state index is 0.0121. The molecule has 10 rings (SSSR count). The lowest BCUT2D eigenvalue weighted by atomic mass is 10.1. The molecule has 0 spiro atoms. The number of halogens is 2. The van der Waals surface area contributed by atoms with Gasteiger partial charge in [-0.3, -0.25) is 32.2 Å². The summed E-state index contributed by atoms with van der Waals surface area (Å²) in [6, 6.07) is 16.8. The Bertz CT molecular complexity index is 5330. The number of piperazine rings is 1. The van der Waals surface area contributed by atoms with Crippen LogP contribution in [0.25, 0.3) is 32.3 Å². The number of benzene rings is 7. The van der Waals surface area contributed by atoms with Gasteiger partial charge in [0.25, 0.3) is 60.7 Å². The van der Waals surface area contributed by atoms with Crippen molar-refractivity contribution in [3.8, 4) is 11.5 Å². The molecule has 1 saturated heterocycles. The maximum absolute atomic E-state index is 12.7. The Balaban J connectivity index is 0.826.